The van der Waals surface area contributed by atoms with Gasteiger partial charge in [0.15, 0.2) is 0 Å². The Morgan fingerprint density at radius 1 is 0.912 bits per heavy atom. The number of nitrogens with zero attached hydrogens (tertiary/aromatic N) is 1. The van der Waals surface area contributed by atoms with Crippen LogP contribution in [0.3, 0.4) is 0 Å². The summed E-state index contributed by atoms with van der Waals surface area (Å²) in [6.45, 7) is 2.51. The molecule has 0 unspecified atom stereocenters. The van der Waals surface area contributed by atoms with Gasteiger partial charge in [0.1, 0.15) is 6.61 Å². The zero-order valence-electron chi connectivity index (χ0n) is 19.3. The van der Waals surface area contributed by atoms with Crippen LogP contribution in [-0.4, -0.2) is 36.4 Å². The maximum absolute atomic E-state index is 12.8. The standard InChI is InChI=1S/C28H31N3O3/c29-26-11-5-10-25(17-26)28(33)31-14-12-23(13-15-31)24-9-4-8-22(16-24)18-30-19-27(32)34-20-21-6-2-1-3-7-21/h1-11,16-17,23,30H,12-15,18-20,29H2. The average Bonchev–Trinajstić information content (AvgIpc) is 2.88. The minimum atomic E-state index is -0.266. The Hall–Kier alpha value is -3.64. The average molecular weight is 458 g/mol. The summed E-state index contributed by atoms with van der Waals surface area (Å²) in [6, 6.07) is 25.3. The summed E-state index contributed by atoms with van der Waals surface area (Å²) < 4.78 is 5.31. The molecule has 0 spiro atoms. The topological polar surface area (TPSA) is 84.7 Å². The van der Waals surface area contributed by atoms with Gasteiger partial charge in [-0.15, -0.1) is 0 Å². The number of carbonyl (C=O) groups is 2. The molecule has 0 radical (unpaired) electrons. The lowest BCUT2D eigenvalue weighted by Crippen LogP contribution is -2.38. The van der Waals surface area contributed by atoms with E-state index in [9.17, 15) is 9.59 Å². The quantitative estimate of drug-likeness (QED) is 0.393. The van der Waals surface area contributed by atoms with E-state index in [4.69, 9.17) is 10.5 Å². The number of amides is 1. The highest BCUT2D eigenvalue weighted by Gasteiger charge is 2.24. The van der Waals surface area contributed by atoms with Crippen LogP contribution in [0.25, 0.3) is 0 Å². The zero-order valence-corrected chi connectivity index (χ0v) is 19.3. The summed E-state index contributed by atoms with van der Waals surface area (Å²) in [4.78, 5) is 26.7. The lowest BCUT2D eigenvalue weighted by molar-refractivity contribution is -0.143. The van der Waals surface area contributed by atoms with Crippen LogP contribution in [0.2, 0.25) is 0 Å². The van der Waals surface area contributed by atoms with Crippen molar-refractivity contribution in [2.24, 2.45) is 0 Å². The summed E-state index contributed by atoms with van der Waals surface area (Å²) in [7, 11) is 0. The van der Waals surface area contributed by atoms with Crippen molar-refractivity contribution in [1.82, 2.24) is 10.2 Å². The van der Waals surface area contributed by atoms with E-state index in [2.05, 4.69) is 29.6 Å². The van der Waals surface area contributed by atoms with E-state index in [1.165, 1.54) is 5.56 Å². The van der Waals surface area contributed by atoms with Crippen molar-refractivity contribution < 1.29 is 14.3 Å². The van der Waals surface area contributed by atoms with E-state index >= 15 is 0 Å². The summed E-state index contributed by atoms with van der Waals surface area (Å²) in [6.07, 6.45) is 1.85. The van der Waals surface area contributed by atoms with Gasteiger partial charge in [0.25, 0.3) is 5.91 Å². The molecule has 1 saturated heterocycles. The van der Waals surface area contributed by atoms with Gasteiger partial charge in [-0.25, -0.2) is 0 Å². The normalized spacial score (nSPS) is 14.1. The third-order valence-corrected chi connectivity index (χ3v) is 6.18. The van der Waals surface area contributed by atoms with Crippen molar-refractivity contribution in [3.63, 3.8) is 0 Å². The van der Waals surface area contributed by atoms with E-state index in [0.29, 0.717) is 23.7 Å². The molecular formula is C28H31N3O3. The number of anilines is 1. The summed E-state index contributed by atoms with van der Waals surface area (Å²) >= 11 is 0. The number of piperidine rings is 1. The number of benzene rings is 3. The van der Waals surface area contributed by atoms with Crippen LogP contribution >= 0.6 is 0 Å². The lowest BCUT2D eigenvalue weighted by atomic mass is 9.88. The first-order valence-electron chi connectivity index (χ1n) is 11.7. The Bertz CT molecular complexity index is 1110. The largest absolute Gasteiger partial charge is 0.460 e. The molecule has 0 saturated carbocycles. The van der Waals surface area contributed by atoms with Crippen molar-refractivity contribution in [1.29, 1.82) is 0 Å². The third kappa shape index (κ3) is 6.45. The number of esters is 1. The molecule has 1 aliphatic rings. The molecule has 0 aliphatic carbocycles. The molecule has 3 aromatic carbocycles. The van der Waals surface area contributed by atoms with E-state index in [0.717, 1.165) is 37.1 Å². The number of nitrogens with one attached hydrogen (secondary N) is 1. The van der Waals surface area contributed by atoms with Crippen LogP contribution in [0, 0.1) is 0 Å². The molecule has 0 atom stereocenters. The smallest absolute Gasteiger partial charge is 0.320 e. The number of nitrogens with two attached hydrogens (primary N) is 1. The van der Waals surface area contributed by atoms with Crippen LogP contribution < -0.4 is 11.1 Å². The molecule has 3 aromatic rings. The van der Waals surface area contributed by atoms with E-state index in [-0.39, 0.29) is 25.0 Å². The molecule has 34 heavy (non-hydrogen) atoms. The third-order valence-electron chi connectivity index (χ3n) is 6.18. The van der Waals surface area contributed by atoms with E-state index in [1.807, 2.05) is 47.4 Å². The monoisotopic (exact) mass is 457 g/mol. The molecule has 1 aliphatic heterocycles. The number of ether oxygens (including phenoxy) is 1. The molecule has 1 amide bonds. The fourth-order valence-electron chi connectivity index (χ4n) is 4.33. The number of rotatable bonds is 8. The molecule has 6 heteroatoms. The first-order valence-corrected chi connectivity index (χ1v) is 11.7. The second kappa shape index (κ2) is 11.5. The Balaban J connectivity index is 1.23. The molecule has 6 nitrogen and oxygen atoms in total. The number of hydrogen-bond acceptors (Lipinski definition) is 5. The van der Waals surface area contributed by atoms with Gasteiger partial charge >= 0.3 is 5.97 Å². The number of nitrogen functional groups attached to an aromatic ring is 1. The van der Waals surface area contributed by atoms with Gasteiger partial charge in [-0.1, -0.05) is 60.7 Å². The van der Waals surface area contributed by atoms with Gasteiger partial charge in [0.05, 0.1) is 6.54 Å². The van der Waals surface area contributed by atoms with Gasteiger partial charge in [0.2, 0.25) is 0 Å². The Morgan fingerprint density at radius 3 is 2.41 bits per heavy atom. The van der Waals surface area contributed by atoms with Crippen molar-refractivity contribution in [3.8, 4) is 0 Å². The Kier molecular flexibility index (Phi) is 7.94. The second-order valence-electron chi connectivity index (χ2n) is 8.69. The van der Waals surface area contributed by atoms with Crippen LogP contribution in [0.4, 0.5) is 5.69 Å². The number of carbonyl (C=O) groups excluding carboxylic acids is 2. The SMILES string of the molecule is Nc1cccc(C(=O)N2CCC(c3cccc(CNCC(=O)OCc4ccccc4)c3)CC2)c1. The van der Waals surface area contributed by atoms with Crippen molar-refractivity contribution >= 4 is 17.6 Å². The maximum Gasteiger partial charge on any atom is 0.320 e. The van der Waals surface area contributed by atoms with Gasteiger partial charge in [-0.3, -0.25) is 9.59 Å². The van der Waals surface area contributed by atoms with E-state index < -0.39 is 0 Å². The minimum absolute atomic E-state index is 0.0443. The first kappa shape index (κ1) is 23.5. The van der Waals surface area contributed by atoms with Gasteiger partial charge < -0.3 is 20.7 Å². The van der Waals surface area contributed by atoms with Gasteiger partial charge in [-0.05, 0) is 53.6 Å². The molecule has 0 aromatic heterocycles. The molecule has 3 N–H and O–H groups in total. The molecule has 1 fully saturated rings. The number of likely N-dealkylation sites (tertiary alicyclic amines) is 1. The van der Waals surface area contributed by atoms with Crippen LogP contribution in [0.1, 0.15) is 45.8 Å². The van der Waals surface area contributed by atoms with Crippen LogP contribution in [0.15, 0.2) is 78.9 Å². The van der Waals surface area contributed by atoms with Crippen LogP contribution in [0.5, 0.6) is 0 Å². The molecule has 0 bridgehead atoms. The Morgan fingerprint density at radius 2 is 1.65 bits per heavy atom. The highest BCUT2D eigenvalue weighted by molar-refractivity contribution is 5.95. The fourth-order valence-corrected chi connectivity index (χ4v) is 4.33. The van der Waals surface area contributed by atoms with Gasteiger partial charge in [0, 0.05) is 30.9 Å². The molecule has 1 heterocycles. The summed E-state index contributed by atoms with van der Waals surface area (Å²) in [5.74, 6) is 0.195. The first-order chi connectivity index (χ1) is 16.6. The molecule has 4 rings (SSSR count). The number of hydrogen-bond donors (Lipinski definition) is 2. The predicted octanol–water partition coefficient (Wildman–Crippen LogP) is 4.12. The van der Waals surface area contributed by atoms with Crippen molar-refractivity contribution in [2.75, 3.05) is 25.4 Å². The lowest BCUT2D eigenvalue weighted by Gasteiger charge is -2.32. The molecular weight excluding hydrogens is 426 g/mol. The van der Waals surface area contributed by atoms with Crippen molar-refractivity contribution in [3.05, 3.63) is 101 Å². The van der Waals surface area contributed by atoms with Crippen LogP contribution in [-0.2, 0) is 22.7 Å². The van der Waals surface area contributed by atoms with Crippen molar-refractivity contribution in [2.45, 2.75) is 31.9 Å². The highest BCUT2D eigenvalue weighted by Crippen LogP contribution is 2.29. The summed E-state index contributed by atoms with van der Waals surface area (Å²) in [5, 5.41) is 3.17. The van der Waals surface area contributed by atoms with E-state index in [1.54, 1.807) is 12.1 Å². The zero-order chi connectivity index (χ0) is 23.8. The predicted molar refractivity (Wildman–Crippen MR) is 133 cm³/mol. The highest BCUT2D eigenvalue weighted by atomic mass is 16.5. The fraction of sp³-hybridized carbons (Fsp3) is 0.286. The maximum atomic E-state index is 12.8. The minimum Gasteiger partial charge on any atom is -0.460 e. The second-order valence-corrected chi connectivity index (χ2v) is 8.69. The Labute approximate surface area is 200 Å². The molecule has 176 valence electrons. The van der Waals surface area contributed by atoms with Gasteiger partial charge in [-0.2, -0.15) is 0 Å². The summed E-state index contributed by atoms with van der Waals surface area (Å²) in [5.41, 5.74) is 10.5.